The van der Waals surface area contributed by atoms with Gasteiger partial charge < -0.3 is 19.1 Å². The highest BCUT2D eigenvalue weighted by Gasteiger charge is 2.58. The molecule has 4 rings (SSSR count). The zero-order chi connectivity index (χ0) is 19.0. The van der Waals surface area contributed by atoms with Crippen LogP contribution in [-0.4, -0.2) is 71.7 Å². The number of ether oxygens (including phenoxy) is 1. The number of hydrogen-bond donors (Lipinski definition) is 0. The molecule has 0 bridgehead atoms. The summed E-state index contributed by atoms with van der Waals surface area (Å²) in [7, 11) is 1.51. The van der Waals surface area contributed by atoms with E-state index in [2.05, 4.69) is 10.1 Å². The molecule has 0 radical (unpaired) electrons. The first kappa shape index (κ1) is 17.7. The molecule has 27 heavy (non-hydrogen) atoms. The van der Waals surface area contributed by atoms with Gasteiger partial charge >= 0.3 is 0 Å². The Labute approximate surface area is 157 Å². The molecule has 2 saturated heterocycles. The number of rotatable bonds is 4. The minimum Gasteiger partial charge on any atom is -0.375 e. The van der Waals surface area contributed by atoms with E-state index in [-0.39, 0.29) is 29.8 Å². The highest BCUT2D eigenvalue weighted by Crippen LogP contribution is 2.49. The standard InChI is InChI=1S/C19H22N4O4/c1-13-20-17(27-21-13)15-8-22(16(24)9-26-2)10-19(15)11-23(12-19)18(25)14-6-4-3-5-7-14/h3-7,15H,8-12H2,1-2H3. The van der Waals surface area contributed by atoms with E-state index in [0.717, 1.165) is 0 Å². The molecule has 0 N–H and O–H groups in total. The van der Waals surface area contributed by atoms with Gasteiger partial charge in [-0.1, -0.05) is 23.4 Å². The molecule has 0 saturated carbocycles. The molecule has 8 nitrogen and oxygen atoms in total. The topological polar surface area (TPSA) is 88.8 Å². The summed E-state index contributed by atoms with van der Waals surface area (Å²) in [6.45, 7) is 3.98. The van der Waals surface area contributed by atoms with Crippen molar-refractivity contribution >= 4 is 11.8 Å². The number of hydrogen-bond acceptors (Lipinski definition) is 6. The smallest absolute Gasteiger partial charge is 0.253 e. The van der Waals surface area contributed by atoms with E-state index in [1.165, 1.54) is 7.11 Å². The maximum absolute atomic E-state index is 12.7. The maximum atomic E-state index is 12.7. The Kier molecular flexibility index (Phi) is 4.43. The summed E-state index contributed by atoms with van der Waals surface area (Å²) < 4.78 is 10.4. The summed E-state index contributed by atoms with van der Waals surface area (Å²) in [5, 5.41) is 3.90. The van der Waals surface area contributed by atoms with Crippen LogP contribution in [0.5, 0.6) is 0 Å². The van der Waals surface area contributed by atoms with Crippen LogP contribution in [0.1, 0.15) is 28.0 Å². The van der Waals surface area contributed by atoms with Crippen molar-refractivity contribution in [2.24, 2.45) is 5.41 Å². The van der Waals surface area contributed by atoms with Crippen molar-refractivity contribution in [1.29, 1.82) is 0 Å². The van der Waals surface area contributed by atoms with Gasteiger partial charge in [0.25, 0.3) is 5.91 Å². The van der Waals surface area contributed by atoms with E-state index < -0.39 is 0 Å². The third kappa shape index (κ3) is 3.10. The fourth-order valence-corrected chi connectivity index (χ4v) is 4.11. The largest absolute Gasteiger partial charge is 0.375 e. The lowest BCUT2D eigenvalue weighted by Crippen LogP contribution is -2.61. The van der Waals surface area contributed by atoms with Gasteiger partial charge in [-0.05, 0) is 19.1 Å². The van der Waals surface area contributed by atoms with E-state index >= 15 is 0 Å². The first-order valence-corrected chi connectivity index (χ1v) is 8.94. The number of methoxy groups -OCH3 is 1. The van der Waals surface area contributed by atoms with Crippen molar-refractivity contribution in [3.05, 3.63) is 47.6 Å². The number of carbonyl (C=O) groups is 2. The first-order chi connectivity index (χ1) is 13.0. The summed E-state index contributed by atoms with van der Waals surface area (Å²) in [6.07, 6.45) is 0. The van der Waals surface area contributed by atoms with E-state index in [1.54, 1.807) is 11.8 Å². The third-order valence-corrected chi connectivity index (χ3v) is 5.43. The fraction of sp³-hybridized carbons (Fsp3) is 0.474. The lowest BCUT2D eigenvalue weighted by atomic mass is 9.71. The second-order valence-electron chi connectivity index (χ2n) is 7.33. The average molecular weight is 370 g/mol. The molecule has 1 spiro atoms. The normalized spacial score (nSPS) is 20.7. The third-order valence-electron chi connectivity index (χ3n) is 5.43. The van der Waals surface area contributed by atoms with Crippen molar-refractivity contribution in [2.45, 2.75) is 12.8 Å². The molecule has 1 unspecified atom stereocenters. The van der Waals surface area contributed by atoms with Crippen molar-refractivity contribution < 1.29 is 18.8 Å². The molecular formula is C19H22N4O4. The molecule has 1 aromatic heterocycles. The van der Waals surface area contributed by atoms with Crippen LogP contribution < -0.4 is 0 Å². The molecule has 8 heteroatoms. The van der Waals surface area contributed by atoms with Gasteiger partial charge in [-0.25, -0.2) is 0 Å². The van der Waals surface area contributed by atoms with Crippen LogP contribution in [0, 0.1) is 12.3 Å². The average Bonchev–Trinajstić information content (AvgIpc) is 3.24. The number of likely N-dealkylation sites (tertiary alicyclic amines) is 2. The molecule has 0 aliphatic carbocycles. The van der Waals surface area contributed by atoms with Gasteiger partial charge in [0.1, 0.15) is 6.61 Å². The van der Waals surface area contributed by atoms with Gasteiger partial charge in [-0.2, -0.15) is 4.98 Å². The Bertz CT molecular complexity index is 844. The number of amides is 2. The molecule has 1 aromatic carbocycles. The molecule has 1 atom stereocenters. The van der Waals surface area contributed by atoms with Crippen LogP contribution in [-0.2, 0) is 9.53 Å². The highest BCUT2D eigenvalue weighted by atomic mass is 16.5. The Morgan fingerprint density at radius 1 is 1.22 bits per heavy atom. The lowest BCUT2D eigenvalue weighted by molar-refractivity contribution is -0.134. The Morgan fingerprint density at radius 3 is 2.56 bits per heavy atom. The Balaban J connectivity index is 1.54. The predicted octanol–water partition coefficient (Wildman–Crippen LogP) is 1.09. The van der Waals surface area contributed by atoms with Gasteiger partial charge in [0, 0.05) is 44.3 Å². The van der Waals surface area contributed by atoms with Crippen LogP contribution >= 0.6 is 0 Å². The van der Waals surface area contributed by atoms with Crippen molar-refractivity contribution in [2.75, 3.05) is 39.9 Å². The van der Waals surface area contributed by atoms with Crippen LogP contribution in [0.15, 0.2) is 34.9 Å². The minimum absolute atomic E-state index is 0.00310. The second-order valence-corrected chi connectivity index (χ2v) is 7.33. The summed E-state index contributed by atoms with van der Waals surface area (Å²) in [5.41, 5.74) is 0.412. The molecule has 2 aromatic rings. The lowest BCUT2D eigenvalue weighted by Gasteiger charge is -2.50. The fourth-order valence-electron chi connectivity index (χ4n) is 4.11. The van der Waals surface area contributed by atoms with E-state index in [4.69, 9.17) is 9.26 Å². The first-order valence-electron chi connectivity index (χ1n) is 8.94. The van der Waals surface area contributed by atoms with Crippen LogP contribution in [0.2, 0.25) is 0 Å². The molecule has 2 aliphatic heterocycles. The van der Waals surface area contributed by atoms with E-state index in [9.17, 15) is 9.59 Å². The van der Waals surface area contributed by atoms with Gasteiger partial charge in [0.2, 0.25) is 11.8 Å². The van der Waals surface area contributed by atoms with Gasteiger partial charge in [-0.3, -0.25) is 9.59 Å². The molecule has 2 aliphatic rings. The quantitative estimate of drug-likeness (QED) is 0.801. The summed E-state index contributed by atoms with van der Waals surface area (Å²) in [6, 6.07) is 9.23. The van der Waals surface area contributed by atoms with Crippen LogP contribution in [0.25, 0.3) is 0 Å². The van der Waals surface area contributed by atoms with Crippen LogP contribution in [0.3, 0.4) is 0 Å². The number of aryl methyl sites for hydroxylation is 1. The van der Waals surface area contributed by atoms with Gasteiger partial charge in [0.15, 0.2) is 5.82 Å². The van der Waals surface area contributed by atoms with Crippen LogP contribution in [0.4, 0.5) is 0 Å². The van der Waals surface area contributed by atoms with Gasteiger partial charge in [0.05, 0.1) is 5.92 Å². The summed E-state index contributed by atoms with van der Waals surface area (Å²) in [5.74, 6) is 0.955. The Morgan fingerprint density at radius 2 is 1.93 bits per heavy atom. The molecular weight excluding hydrogens is 348 g/mol. The predicted molar refractivity (Wildman–Crippen MR) is 95.0 cm³/mol. The molecule has 2 amide bonds. The minimum atomic E-state index is -0.257. The zero-order valence-electron chi connectivity index (χ0n) is 15.4. The number of benzene rings is 1. The van der Waals surface area contributed by atoms with E-state index in [1.807, 2.05) is 35.2 Å². The Hall–Kier alpha value is -2.74. The SMILES string of the molecule is COCC(=O)N1CC(c2nc(C)no2)C2(C1)CN(C(=O)c1ccccc1)C2. The maximum Gasteiger partial charge on any atom is 0.253 e. The zero-order valence-corrected chi connectivity index (χ0v) is 15.4. The van der Waals surface area contributed by atoms with Crippen molar-refractivity contribution in [1.82, 2.24) is 19.9 Å². The molecule has 142 valence electrons. The number of carbonyl (C=O) groups excluding carboxylic acids is 2. The van der Waals surface area contributed by atoms with Gasteiger partial charge in [-0.15, -0.1) is 0 Å². The molecule has 2 fully saturated rings. The van der Waals surface area contributed by atoms with E-state index in [0.29, 0.717) is 43.5 Å². The number of aromatic nitrogens is 2. The monoisotopic (exact) mass is 370 g/mol. The highest BCUT2D eigenvalue weighted by molar-refractivity contribution is 5.95. The second kappa shape index (κ2) is 6.77. The molecule has 3 heterocycles. The van der Waals surface area contributed by atoms with Crippen molar-refractivity contribution in [3.8, 4) is 0 Å². The summed E-state index contributed by atoms with van der Waals surface area (Å²) in [4.78, 5) is 33.0. The van der Waals surface area contributed by atoms with Crippen molar-refractivity contribution in [3.63, 3.8) is 0 Å². The summed E-state index contributed by atoms with van der Waals surface area (Å²) >= 11 is 0. The number of nitrogens with zero attached hydrogens (tertiary/aromatic N) is 4.